The largest absolute Gasteiger partial charge is 0.396 e. The summed E-state index contributed by atoms with van der Waals surface area (Å²) in [7, 11) is 0. The summed E-state index contributed by atoms with van der Waals surface area (Å²) in [5, 5.41) is 17.7. The SMILES string of the molecule is Cl.NC(CCO)c1ccccc1CO. The molecule has 0 aromatic heterocycles. The van der Waals surface area contributed by atoms with E-state index in [2.05, 4.69) is 0 Å². The number of nitrogens with two attached hydrogens (primary N) is 1. The zero-order chi connectivity index (χ0) is 9.68. The Morgan fingerprint density at radius 1 is 1.21 bits per heavy atom. The second kappa shape index (κ2) is 6.79. The number of aliphatic hydroxyl groups is 2. The molecule has 0 saturated heterocycles. The number of halogens is 1. The molecular formula is C10H16ClNO2. The Hall–Kier alpha value is -0.610. The van der Waals surface area contributed by atoms with Crippen molar-refractivity contribution in [1.29, 1.82) is 0 Å². The maximum atomic E-state index is 9.02. The molecule has 4 heteroatoms. The summed E-state index contributed by atoms with van der Waals surface area (Å²) >= 11 is 0. The van der Waals surface area contributed by atoms with Crippen molar-refractivity contribution in [2.75, 3.05) is 6.61 Å². The van der Waals surface area contributed by atoms with Crippen molar-refractivity contribution >= 4 is 12.4 Å². The number of aliphatic hydroxyl groups excluding tert-OH is 2. The van der Waals surface area contributed by atoms with Gasteiger partial charge in [0.15, 0.2) is 0 Å². The minimum Gasteiger partial charge on any atom is -0.396 e. The van der Waals surface area contributed by atoms with E-state index in [4.69, 9.17) is 15.9 Å². The average molecular weight is 218 g/mol. The van der Waals surface area contributed by atoms with Gasteiger partial charge in [-0.1, -0.05) is 24.3 Å². The van der Waals surface area contributed by atoms with Gasteiger partial charge in [0, 0.05) is 12.6 Å². The second-order valence-electron chi connectivity index (χ2n) is 2.98. The average Bonchev–Trinajstić information content (AvgIpc) is 2.18. The molecule has 0 aliphatic carbocycles. The predicted molar refractivity (Wildman–Crippen MR) is 58.2 cm³/mol. The fraction of sp³-hybridized carbons (Fsp3) is 0.400. The van der Waals surface area contributed by atoms with Gasteiger partial charge in [-0.05, 0) is 17.5 Å². The van der Waals surface area contributed by atoms with Gasteiger partial charge < -0.3 is 15.9 Å². The van der Waals surface area contributed by atoms with Crippen LogP contribution in [0.1, 0.15) is 23.6 Å². The van der Waals surface area contributed by atoms with Gasteiger partial charge in [0.2, 0.25) is 0 Å². The first kappa shape index (κ1) is 13.4. The molecule has 0 aliphatic rings. The molecule has 0 aliphatic heterocycles. The summed E-state index contributed by atoms with van der Waals surface area (Å²) in [4.78, 5) is 0. The molecule has 3 nitrogen and oxygen atoms in total. The highest BCUT2D eigenvalue weighted by molar-refractivity contribution is 5.85. The van der Waals surface area contributed by atoms with Crippen LogP contribution in [0.3, 0.4) is 0 Å². The molecule has 1 atom stereocenters. The lowest BCUT2D eigenvalue weighted by molar-refractivity contribution is 0.268. The Balaban J connectivity index is 0.00000169. The van der Waals surface area contributed by atoms with Crippen LogP contribution in [0.25, 0.3) is 0 Å². The van der Waals surface area contributed by atoms with Gasteiger partial charge >= 0.3 is 0 Å². The molecule has 1 unspecified atom stereocenters. The molecule has 0 saturated carbocycles. The zero-order valence-corrected chi connectivity index (χ0v) is 8.70. The molecule has 1 rings (SSSR count). The van der Waals surface area contributed by atoms with Gasteiger partial charge in [-0.2, -0.15) is 0 Å². The fourth-order valence-corrected chi connectivity index (χ4v) is 1.33. The van der Waals surface area contributed by atoms with Crippen LogP contribution in [0.5, 0.6) is 0 Å². The fourth-order valence-electron chi connectivity index (χ4n) is 1.33. The standard InChI is InChI=1S/C10H15NO2.ClH/c11-10(5-6-12)9-4-2-1-3-8(9)7-13;/h1-4,10,12-13H,5-7,11H2;1H. The zero-order valence-electron chi connectivity index (χ0n) is 7.89. The Morgan fingerprint density at radius 2 is 1.86 bits per heavy atom. The number of rotatable bonds is 4. The summed E-state index contributed by atoms with van der Waals surface area (Å²) < 4.78 is 0. The van der Waals surface area contributed by atoms with E-state index in [1.807, 2.05) is 24.3 Å². The summed E-state index contributed by atoms with van der Waals surface area (Å²) in [6.45, 7) is 0.0657. The van der Waals surface area contributed by atoms with Gasteiger partial charge in [-0.15, -0.1) is 12.4 Å². The van der Waals surface area contributed by atoms with Crippen molar-refractivity contribution in [2.45, 2.75) is 19.1 Å². The van der Waals surface area contributed by atoms with Crippen molar-refractivity contribution in [3.8, 4) is 0 Å². The minimum absolute atomic E-state index is 0. The normalized spacial score (nSPS) is 11.9. The second-order valence-corrected chi connectivity index (χ2v) is 2.98. The molecule has 1 aromatic rings. The van der Waals surface area contributed by atoms with E-state index in [9.17, 15) is 0 Å². The first-order chi connectivity index (χ1) is 6.29. The van der Waals surface area contributed by atoms with E-state index >= 15 is 0 Å². The summed E-state index contributed by atoms with van der Waals surface area (Å²) in [5.74, 6) is 0. The first-order valence-electron chi connectivity index (χ1n) is 4.34. The highest BCUT2D eigenvalue weighted by Crippen LogP contribution is 2.18. The number of hydrogen-bond donors (Lipinski definition) is 3. The lowest BCUT2D eigenvalue weighted by Crippen LogP contribution is -2.14. The van der Waals surface area contributed by atoms with Crippen LogP contribution in [-0.4, -0.2) is 16.8 Å². The quantitative estimate of drug-likeness (QED) is 0.705. The molecule has 0 heterocycles. The van der Waals surface area contributed by atoms with Crippen LogP contribution in [-0.2, 0) is 6.61 Å². The molecule has 0 amide bonds. The van der Waals surface area contributed by atoms with E-state index in [0.29, 0.717) is 6.42 Å². The maximum Gasteiger partial charge on any atom is 0.0685 e. The molecule has 4 N–H and O–H groups in total. The van der Waals surface area contributed by atoms with Crippen LogP contribution in [0.4, 0.5) is 0 Å². The van der Waals surface area contributed by atoms with Gasteiger partial charge in [0.25, 0.3) is 0 Å². The molecule has 80 valence electrons. The summed E-state index contributed by atoms with van der Waals surface area (Å²) in [6.07, 6.45) is 0.525. The topological polar surface area (TPSA) is 66.5 Å². The van der Waals surface area contributed by atoms with Crippen LogP contribution >= 0.6 is 12.4 Å². The highest BCUT2D eigenvalue weighted by Gasteiger charge is 2.08. The van der Waals surface area contributed by atoms with E-state index < -0.39 is 0 Å². The van der Waals surface area contributed by atoms with Gasteiger partial charge in [-0.3, -0.25) is 0 Å². The molecule has 0 fully saturated rings. The Bertz CT molecular complexity index is 268. The van der Waals surface area contributed by atoms with E-state index in [0.717, 1.165) is 11.1 Å². The van der Waals surface area contributed by atoms with E-state index in [1.54, 1.807) is 0 Å². The van der Waals surface area contributed by atoms with Crippen LogP contribution in [0, 0.1) is 0 Å². The smallest absolute Gasteiger partial charge is 0.0685 e. The Labute approximate surface area is 90.0 Å². The highest BCUT2D eigenvalue weighted by atomic mass is 35.5. The van der Waals surface area contributed by atoms with Gasteiger partial charge in [0.05, 0.1) is 6.61 Å². The van der Waals surface area contributed by atoms with Crippen molar-refractivity contribution in [3.63, 3.8) is 0 Å². The van der Waals surface area contributed by atoms with Crippen LogP contribution < -0.4 is 5.73 Å². The number of hydrogen-bond acceptors (Lipinski definition) is 3. The van der Waals surface area contributed by atoms with Crippen molar-refractivity contribution in [1.82, 2.24) is 0 Å². The van der Waals surface area contributed by atoms with Gasteiger partial charge in [0.1, 0.15) is 0 Å². The molecule has 0 spiro atoms. The van der Waals surface area contributed by atoms with Crippen molar-refractivity contribution < 1.29 is 10.2 Å². The van der Waals surface area contributed by atoms with Gasteiger partial charge in [-0.25, -0.2) is 0 Å². The molecule has 1 aromatic carbocycles. The van der Waals surface area contributed by atoms with E-state index in [1.165, 1.54) is 0 Å². The predicted octanol–water partition coefficient (Wildman–Crippen LogP) is 0.983. The molecule has 14 heavy (non-hydrogen) atoms. The van der Waals surface area contributed by atoms with E-state index in [-0.39, 0.29) is 31.7 Å². The first-order valence-corrected chi connectivity index (χ1v) is 4.34. The Kier molecular flexibility index (Phi) is 6.49. The molecule has 0 radical (unpaired) electrons. The monoisotopic (exact) mass is 217 g/mol. The third-order valence-corrected chi connectivity index (χ3v) is 2.07. The van der Waals surface area contributed by atoms with Crippen LogP contribution in [0.2, 0.25) is 0 Å². The van der Waals surface area contributed by atoms with Crippen molar-refractivity contribution in [2.24, 2.45) is 5.73 Å². The lowest BCUT2D eigenvalue weighted by atomic mass is 9.99. The van der Waals surface area contributed by atoms with Crippen LogP contribution in [0.15, 0.2) is 24.3 Å². The molecule has 0 bridgehead atoms. The third kappa shape index (κ3) is 3.27. The molecular weight excluding hydrogens is 202 g/mol. The summed E-state index contributed by atoms with van der Waals surface area (Å²) in [5.41, 5.74) is 7.56. The number of benzene rings is 1. The third-order valence-electron chi connectivity index (χ3n) is 2.07. The summed E-state index contributed by atoms with van der Waals surface area (Å²) in [6, 6.07) is 7.28. The lowest BCUT2D eigenvalue weighted by Gasteiger charge is -2.13. The van der Waals surface area contributed by atoms with Crippen molar-refractivity contribution in [3.05, 3.63) is 35.4 Å². The Morgan fingerprint density at radius 3 is 2.43 bits per heavy atom. The minimum atomic E-state index is -0.187. The maximum absolute atomic E-state index is 9.02.